The van der Waals surface area contributed by atoms with Crippen molar-refractivity contribution in [3.8, 4) is 0 Å². The maximum Gasteiger partial charge on any atom is 0.302 e. The van der Waals surface area contributed by atoms with Crippen LogP contribution in [0.15, 0.2) is 0 Å². The van der Waals surface area contributed by atoms with Gasteiger partial charge in [-0.05, 0) is 31.1 Å². The Balaban J connectivity index is 2.15. The van der Waals surface area contributed by atoms with Gasteiger partial charge in [0.25, 0.3) is 0 Å². The highest BCUT2D eigenvalue weighted by Gasteiger charge is 2.32. The van der Waals surface area contributed by atoms with E-state index >= 15 is 0 Å². The molecule has 1 heterocycles. The van der Waals surface area contributed by atoms with Crippen LogP contribution in [0.5, 0.6) is 0 Å². The number of ether oxygens (including phenoxy) is 1. The van der Waals surface area contributed by atoms with E-state index in [1.165, 1.54) is 19.8 Å². The van der Waals surface area contributed by atoms with Gasteiger partial charge in [-0.3, -0.25) is 9.59 Å². The Morgan fingerprint density at radius 2 is 1.65 bits per heavy atom. The van der Waals surface area contributed by atoms with Crippen molar-refractivity contribution in [1.82, 2.24) is 4.90 Å². The van der Waals surface area contributed by atoms with Crippen LogP contribution in [0.3, 0.4) is 0 Å². The first-order chi connectivity index (χ1) is 9.58. The highest BCUT2D eigenvalue weighted by atomic mass is 16.5. The molecular weight excluding hydrogens is 254 g/mol. The predicted octanol–water partition coefficient (Wildman–Crippen LogP) is 3.00. The molecule has 0 aliphatic carbocycles. The third-order valence-electron chi connectivity index (χ3n) is 4.32. The van der Waals surface area contributed by atoms with Crippen LogP contribution >= 0.6 is 0 Å². The zero-order valence-corrected chi connectivity index (χ0v) is 13.2. The summed E-state index contributed by atoms with van der Waals surface area (Å²) in [5, 5.41) is 0. The number of hydrogen-bond acceptors (Lipinski definition) is 3. The summed E-state index contributed by atoms with van der Waals surface area (Å²) in [4.78, 5) is 24.8. The zero-order chi connectivity index (χ0) is 15.0. The van der Waals surface area contributed by atoms with Gasteiger partial charge in [-0.25, -0.2) is 0 Å². The minimum atomic E-state index is -0.227. The smallest absolute Gasteiger partial charge is 0.302 e. The maximum atomic E-state index is 12.1. The van der Waals surface area contributed by atoms with E-state index in [4.69, 9.17) is 4.74 Å². The summed E-state index contributed by atoms with van der Waals surface area (Å²) >= 11 is 0. The third-order valence-corrected chi connectivity index (χ3v) is 4.32. The Morgan fingerprint density at radius 1 is 1.05 bits per heavy atom. The molecule has 1 aliphatic rings. The van der Waals surface area contributed by atoms with Gasteiger partial charge in [-0.1, -0.05) is 26.7 Å². The van der Waals surface area contributed by atoms with E-state index in [1.807, 2.05) is 0 Å². The van der Waals surface area contributed by atoms with Gasteiger partial charge in [0.05, 0.1) is 6.61 Å². The van der Waals surface area contributed by atoms with Crippen molar-refractivity contribution in [3.05, 3.63) is 0 Å². The lowest BCUT2D eigenvalue weighted by Gasteiger charge is -2.16. The lowest BCUT2D eigenvalue weighted by atomic mass is 9.92. The van der Waals surface area contributed by atoms with Crippen molar-refractivity contribution in [3.63, 3.8) is 0 Å². The second-order valence-electron chi connectivity index (χ2n) is 5.79. The summed E-state index contributed by atoms with van der Waals surface area (Å²) in [7, 11) is 0. The number of nitrogens with zero attached hydrogens (tertiary/aromatic N) is 1. The first-order valence-electron chi connectivity index (χ1n) is 7.99. The monoisotopic (exact) mass is 283 g/mol. The molecule has 1 amide bonds. The topological polar surface area (TPSA) is 46.6 Å². The molecule has 0 saturated carbocycles. The van der Waals surface area contributed by atoms with Crippen LogP contribution in [-0.4, -0.2) is 36.5 Å². The molecule has 20 heavy (non-hydrogen) atoms. The molecule has 1 saturated heterocycles. The Morgan fingerprint density at radius 3 is 2.15 bits per heavy atom. The number of rotatable bonds is 8. The first-order valence-corrected chi connectivity index (χ1v) is 7.99. The van der Waals surface area contributed by atoms with Crippen molar-refractivity contribution < 1.29 is 14.3 Å². The zero-order valence-electron chi connectivity index (χ0n) is 13.2. The van der Waals surface area contributed by atoms with Crippen molar-refractivity contribution in [2.24, 2.45) is 11.8 Å². The number of esters is 1. The molecule has 116 valence electrons. The van der Waals surface area contributed by atoms with Crippen LogP contribution < -0.4 is 0 Å². The van der Waals surface area contributed by atoms with Crippen LogP contribution in [0.1, 0.15) is 59.3 Å². The minimum absolute atomic E-state index is 0.227. The highest BCUT2D eigenvalue weighted by Crippen LogP contribution is 2.29. The largest absolute Gasteiger partial charge is 0.466 e. The molecular formula is C16H29NO3. The quantitative estimate of drug-likeness (QED) is 0.508. The van der Waals surface area contributed by atoms with Crippen LogP contribution in [0, 0.1) is 11.8 Å². The van der Waals surface area contributed by atoms with Gasteiger partial charge in [-0.15, -0.1) is 0 Å². The van der Waals surface area contributed by atoms with Crippen molar-refractivity contribution >= 4 is 11.9 Å². The first kappa shape index (κ1) is 17.0. The second-order valence-corrected chi connectivity index (χ2v) is 5.79. The lowest BCUT2D eigenvalue weighted by molar-refractivity contribution is -0.141. The Bertz CT molecular complexity index is 305. The number of carbonyl (C=O) groups is 2. The second kappa shape index (κ2) is 8.98. The molecule has 0 bridgehead atoms. The molecule has 0 radical (unpaired) electrons. The molecule has 0 N–H and O–H groups in total. The van der Waals surface area contributed by atoms with Crippen molar-refractivity contribution in [2.45, 2.75) is 59.3 Å². The Labute approximate surface area is 122 Å². The van der Waals surface area contributed by atoms with Gasteiger partial charge >= 0.3 is 5.97 Å². The normalized spacial score (nSPS) is 22.1. The minimum Gasteiger partial charge on any atom is -0.466 e. The molecule has 0 aromatic rings. The van der Waals surface area contributed by atoms with E-state index in [2.05, 4.69) is 18.7 Å². The van der Waals surface area contributed by atoms with Crippen LogP contribution in [0.2, 0.25) is 0 Å². The number of amides is 1. The van der Waals surface area contributed by atoms with Crippen molar-refractivity contribution in [2.75, 3.05) is 19.7 Å². The molecule has 4 nitrogen and oxygen atoms in total. The molecule has 0 spiro atoms. The maximum absolute atomic E-state index is 12.1. The van der Waals surface area contributed by atoms with E-state index in [0.29, 0.717) is 30.8 Å². The SMILES string of the molecule is CCC1CN(C(=O)CCCCCOC(C)=O)CC1CC. The van der Waals surface area contributed by atoms with Crippen LogP contribution in [-0.2, 0) is 14.3 Å². The highest BCUT2D eigenvalue weighted by molar-refractivity contribution is 5.76. The van der Waals surface area contributed by atoms with Crippen LogP contribution in [0.4, 0.5) is 0 Å². The Kier molecular flexibility index (Phi) is 7.63. The summed E-state index contributed by atoms with van der Waals surface area (Å²) in [6.07, 6.45) is 5.66. The van der Waals surface area contributed by atoms with Gasteiger partial charge in [-0.2, -0.15) is 0 Å². The summed E-state index contributed by atoms with van der Waals surface area (Å²) in [6, 6.07) is 0. The average molecular weight is 283 g/mol. The standard InChI is InChI=1S/C16H29NO3/c1-4-14-11-17(12-15(14)5-2)16(19)9-7-6-8-10-20-13(3)18/h14-15H,4-12H2,1-3H3. The lowest BCUT2D eigenvalue weighted by Crippen LogP contribution is -2.28. The van der Waals surface area contributed by atoms with E-state index in [9.17, 15) is 9.59 Å². The number of likely N-dealkylation sites (tertiary alicyclic amines) is 1. The summed E-state index contributed by atoms with van der Waals surface area (Å²) in [5.41, 5.74) is 0. The third kappa shape index (κ3) is 5.51. The van der Waals surface area contributed by atoms with Gasteiger partial charge in [0.15, 0.2) is 0 Å². The molecule has 2 atom stereocenters. The number of carbonyl (C=O) groups excluding carboxylic acids is 2. The van der Waals surface area contributed by atoms with E-state index in [1.54, 1.807) is 0 Å². The number of hydrogen-bond donors (Lipinski definition) is 0. The summed E-state index contributed by atoms with van der Waals surface area (Å²) < 4.78 is 4.87. The molecule has 1 rings (SSSR count). The van der Waals surface area contributed by atoms with Crippen molar-refractivity contribution in [1.29, 1.82) is 0 Å². The molecule has 0 aromatic heterocycles. The molecule has 1 fully saturated rings. The van der Waals surface area contributed by atoms with Crippen LogP contribution in [0.25, 0.3) is 0 Å². The van der Waals surface area contributed by atoms with Gasteiger partial charge in [0, 0.05) is 26.4 Å². The number of unbranched alkanes of at least 4 members (excludes halogenated alkanes) is 2. The fourth-order valence-electron chi connectivity index (χ4n) is 3.00. The Hall–Kier alpha value is -1.06. The van der Waals surface area contributed by atoms with Gasteiger partial charge in [0.2, 0.25) is 5.91 Å². The molecule has 2 unspecified atom stereocenters. The predicted molar refractivity (Wildman–Crippen MR) is 79.2 cm³/mol. The fourth-order valence-corrected chi connectivity index (χ4v) is 3.00. The van der Waals surface area contributed by atoms with E-state index < -0.39 is 0 Å². The average Bonchev–Trinajstić information content (AvgIpc) is 2.85. The summed E-state index contributed by atoms with van der Waals surface area (Å²) in [6.45, 7) is 8.23. The van der Waals surface area contributed by atoms with E-state index in [-0.39, 0.29) is 5.97 Å². The molecule has 4 heteroatoms. The van der Waals surface area contributed by atoms with Gasteiger partial charge in [0.1, 0.15) is 0 Å². The molecule has 1 aliphatic heterocycles. The van der Waals surface area contributed by atoms with Gasteiger partial charge < -0.3 is 9.64 Å². The molecule has 0 aromatic carbocycles. The summed E-state index contributed by atoms with van der Waals surface area (Å²) in [5.74, 6) is 1.45. The fraction of sp³-hybridized carbons (Fsp3) is 0.875. The van der Waals surface area contributed by atoms with E-state index in [0.717, 1.165) is 32.4 Å².